The van der Waals surface area contributed by atoms with E-state index in [-0.39, 0.29) is 11.9 Å². The van der Waals surface area contributed by atoms with E-state index in [0.717, 1.165) is 19.4 Å². The van der Waals surface area contributed by atoms with E-state index >= 15 is 0 Å². The molecule has 1 atom stereocenters. The summed E-state index contributed by atoms with van der Waals surface area (Å²) in [6, 6.07) is 6.12. The Bertz CT molecular complexity index is 550. The zero-order chi connectivity index (χ0) is 13.8. The molecule has 1 aliphatic rings. The third-order valence-electron chi connectivity index (χ3n) is 3.25. The number of hydrogen-bond donors (Lipinski definition) is 1. The van der Waals surface area contributed by atoms with Crippen molar-refractivity contribution in [3.8, 4) is 5.75 Å². The van der Waals surface area contributed by atoms with Crippen molar-refractivity contribution in [1.29, 1.82) is 0 Å². The van der Waals surface area contributed by atoms with Gasteiger partial charge in [-0.1, -0.05) is 5.16 Å². The predicted octanol–water partition coefficient (Wildman–Crippen LogP) is 2.25. The molecule has 5 nitrogen and oxygen atoms in total. The molecule has 1 aromatic carbocycles. The van der Waals surface area contributed by atoms with Gasteiger partial charge in [0.05, 0.1) is 12.6 Å². The second-order valence-electron chi connectivity index (χ2n) is 4.75. The van der Waals surface area contributed by atoms with E-state index in [1.807, 2.05) is 0 Å². The van der Waals surface area contributed by atoms with Crippen LogP contribution in [0.4, 0.5) is 4.39 Å². The Hall–Kier alpha value is -1.95. The van der Waals surface area contributed by atoms with Gasteiger partial charge in [-0.15, -0.1) is 0 Å². The highest BCUT2D eigenvalue weighted by molar-refractivity contribution is 5.22. The zero-order valence-corrected chi connectivity index (χ0v) is 11.0. The van der Waals surface area contributed by atoms with Gasteiger partial charge in [0.15, 0.2) is 5.82 Å². The minimum Gasteiger partial charge on any atom is -0.493 e. The highest BCUT2D eigenvalue weighted by Crippen LogP contribution is 2.21. The van der Waals surface area contributed by atoms with E-state index < -0.39 is 0 Å². The summed E-state index contributed by atoms with van der Waals surface area (Å²) >= 11 is 0. The molecule has 1 fully saturated rings. The molecule has 0 aliphatic carbocycles. The molecular formula is C14H16FN3O2. The van der Waals surface area contributed by atoms with Crippen molar-refractivity contribution < 1.29 is 13.7 Å². The van der Waals surface area contributed by atoms with Gasteiger partial charge >= 0.3 is 0 Å². The Morgan fingerprint density at radius 1 is 1.35 bits per heavy atom. The molecule has 2 aromatic rings. The maximum absolute atomic E-state index is 12.7. The van der Waals surface area contributed by atoms with Gasteiger partial charge in [-0.2, -0.15) is 4.98 Å². The number of hydrogen-bond acceptors (Lipinski definition) is 5. The number of halogens is 1. The first kappa shape index (κ1) is 13.1. The lowest BCUT2D eigenvalue weighted by Crippen LogP contribution is -2.13. The minimum absolute atomic E-state index is 0.189. The molecule has 1 N–H and O–H groups in total. The van der Waals surface area contributed by atoms with Crippen LogP contribution in [0.3, 0.4) is 0 Å². The first-order chi connectivity index (χ1) is 9.81. The third-order valence-corrected chi connectivity index (χ3v) is 3.25. The molecular weight excluding hydrogens is 261 g/mol. The summed E-state index contributed by atoms with van der Waals surface area (Å²) < 4.78 is 23.5. The molecule has 20 heavy (non-hydrogen) atoms. The van der Waals surface area contributed by atoms with E-state index in [9.17, 15) is 4.39 Å². The second kappa shape index (κ2) is 6.00. The maximum atomic E-state index is 12.7. The largest absolute Gasteiger partial charge is 0.493 e. The van der Waals surface area contributed by atoms with Crippen molar-refractivity contribution in [2.24, 2.45) is 0 Å². The molecule has 3 rings (SSSR count). The summed E-state index contributed by atoms with van der Waals surface area (Å²) in [4.78, 5) is 4.36. The molecule has 0 saturated carbocycles. The molecule has 1 saturated heterocycles. The molecule has 0 bridgehead atoms. The van der Waals surface area contributed by atoms with Crippen molar-refractivity contribution >= 4 is 0 Å². The fourth-order valence-corrected chi connectivity index (χ4v) is 2.20. The van der Waals surface area contributed by atoms with Crippen LogP contribution in [0.2, 0.25) is 0 Å². The van der Waals surface area contributed by atoms with Crippen molar-refractivity contribution in [1.82, 2.24) is 15.5 Å². The Kier molecular flexibility index (Phi) is 3.92. The predicted molar refractivity (Wildman–Crippen MR) is 69.9 cm³/mol. The third kappa shape index (κ3) is 3.14. The standard InChI is InChI=1S/C14H16FN3O2/c15-10-3-5-11(6-4-10)19-9-7-13-17-14(20-18-13)12-2-1-8-16-12/h3-6,12,16H,1-2,7-9H2/t12-/m0/s1. The number of rotatable bonds is 5. The summed E-state index contributed by atoms with van der Waals surface area (Å²) in [6.45, 7) is 1.43. The Morgan fingerprint density at radius 2 is 2.20 bits per heavy atom. The fraction of sp³-hybridized carbons (Fsp3) is 0.429. The van der Waals surface area contributed by atoms with Crippen LogP contribution >= 0.6 is 0 Å². The van der Waals surface area contributed by atoms with Crippen molar-refractivity contribution in [2.75, 3.05) is 13.2 Å². The van der Waals surface area contributed by atoms with Crippen LogP contribution < -0.4 is 10.1 Å². The van der Waals surface area contributed by atoms with Crippen molar-refractivity contribution in [2.45, 2.75) is 25.3 Å². The highest BCUT2D eigenvalue weighted by atomic mass is 19.1. The van der Waals surface area contributed by atoms with Crippen LogP contribution in [0.15, 0.2) is 28.8 Å². The van der Waals surface area contributed by atoms with E-state index in [0.29, 0.717) is 30.5 Å². The first-order valence-corrected chi connectivity index (χ1v) is 6.75. The Balaban J connectivity index is 1.49. The molecule has 6 heteroatoms. The summed E-state index contributed by atoms with van der Waals surface area (Å²) in [6.07, 6.45) is 2.73. The molecule has 0 unspecified atom stereocenters. The van der Waals surface area contributed by atoms with Crippen LogP contribution in [0.1, 0.15) is 30.6 Å². The smallest absolute Gasteiger partial charge is 0.243 e. The lowest BCUT2D eigenvalue weighted by molar-refractivity contribution is 0.310. The fourth-order valence-electron chi connectivity index (χ4n) is 2.20. The van der Waals surface area contributed by atoms with E-state index in [2.05, 4.69) is 15.5 Å². The molecule has 1 aromatic heterocycles. The van der Waals surface area contributed by atoms with E-state index in [4.69, 9.17) is 9.26 Å². The average Bonchev–Trinajstić information content (AvgIpc) is 3.11. The van der Waals surface area contributed by atoms with Crippen LogP contribution in [0, 0.1) is 5.82 Å². The summed E-state index contributed by atoms with van der Waals surface area (Å²) in [5, 5.41) is 7.25. The van der Waals surface area contributed by atoms with Crippen LogP contribution in [0.5, 0.6) is 5.75 Å². The molecule has 1 aliphatic heterocycles. The summed E-state index contributed by atoms with van der Waals surface area (Å²) in [5.74, 6) is 1.65. The lowest BCUT2D eigenvalue weighted by Gasteiger charge is -2.03. The van der Waals surface area contributed by atoms with Crippen LogP contribution in [0.25, 0.3) is 0 Å². The van der Waals surface area contributed by atoms with Crippen molar-refractivity contribution in [3.05, 3.63) is 41.8 Å². The molecule has 2 heterocycles. The van der Waals surface area contributed by atoms with Gasteiger partial charge in [0.1, 0.15) is 11.6 Å². The number of aromatic nitrogens is 2. The number of ether oxygens (including phenoxy) is 1. The van der Waals surface area contributed by atoms with Crippen LogP contribution in [-0.2, 0) is 6.42 Å². The minimum atomic E-state index is -0.274. The van der Waals surface area contributed by atoms with Gasteiger partial charge in [0.25, 0.3) is 0 Å². The molecule has 0 radical (unpaired) electrons. The van der Waals surface area contributed by atoms with Gasteiger partial charge in [0.2, 0.25) is 5.89 Å². The normalized spacial score (nSPS) is 18.4. The number of nitrogens with one attached hydrogen (secondary N) is 1. The van der Waals surface area contributed by atoms with Gasteiger partial charge in [0, 0.05) is 6.42 Å². The van der Waals surface area contributed by atoms with Gasteiger partial charge < -0.3 is 14.6 Å². The maximum Gasteiger partial charge on any atom is 0.243 e. The van der Waals surface area contributed by atoms with Gasteiger partial charge in [-0.25, -0.2) is 4.39 Å². The molecule has 0 amide bonds. The Morgan fingerprint density at radius 3 is 2.95 bits per heavy atom. The lowest BCUT2D eigenvalue weighted by atomic mass is 10.2. The van der Waals surface area contributed by atoms with Gasteiger partial charge in [-0.3, -0.25) is 0 Å². The molecule has 106 valence electrons. The Labute approximate surface area is 116 Å². The average molecular weight is 277 g/mol. The zero-order valence-electron chi connectivity index (χ0n) is 11.0. The highest BCUT2D eigenvalue weighted by Gasteiger charge is 2.22. The van der Waals surface area contributed by atoms with E-state index in [1.54, 1.807) is 12.1 Å². The van der Waals surface area contributed by atoms with Crippen molar-refractivity contribution in [3.63, 3.8) is 0 Å². The molecule has 0 spiro atoms. The SMILES string of the molecule is Fc1ccc(OCCc2noc([C@@H]3CCCN3)n2)cc1. The quantitative estimate of drug-likeness (QED) is 0.908. The van der Waals surface area contributed by atoms with E-state index in [1.165, 1.54) is 12.1 Å². The van der Waals surface area contributed by atoms with Crippen LogP contribution in [-0.4, -0.2) is 23.3 Å². The van der Waals surface area contributed by atoms with Gasteiger partial charge in [-0.05, 0) is 43.7 Å². The summed E-state index contributed by atoms with van der Waals surface area (Å²) in [7, 11) is 0. The second-order valence-corrected chi connectivity index (χ2v) is 4.75. The summed E-state index contributed by atoms with van der Waals surface area (Å²) in [5.41, 5.74) is 0. The number of benzene rings is 1. The first-order valence-electron chi connectivity index (χ1n) is 6.75. The monoisotopic (exact) mass is 277 g/mol. The topological polar surface area (TPSA) is 60.2 Å². The number of nitrogens with zero attached hydrogens (tertiary/aromatic N) is 2.